The predicted molar refractivity (Wildman–Crippen MR) is 129 cm³/mol. The second-order valence-electron chi connectivity index (χ2n) is 7.85. The Morgan fingerprint density at radius 1 is 1.00 bits per heavy atom. The van der Waals surface area contributed by atoms with Crippen LogP contribution in [-0.4, -0.2) is 5.97 Å². The molecule has 1 heterocycles. The van der Waals surface area contributed by atoms with E-state index in [9.17, 15) is 14.9 Å². The summed E-state index contributed by atoms with van der Waals surface area (Å²) in [6.45, 7) is 4.08. The van der Waals surface area contributed by atoms with Crippen LogP contribution < -0.4 is 14.9 Å². The largest absolute Gasteiger partial charge is 0.460 e. The van der Waals surface area contributed by atoms with Crippen LogP contribution in [-0.2, 0) is 4.79 Å². The number of carbonyl (C=O) groups is 1. The Balaban J connectivity index is 1.59. The molecule has 0 saturated carbocycles. The number of ether oxygens (including phenoxy) is 2. The predicted octanol–water partition coefficient (Wildman–Crippen LogP) is 6.22. The van der Waals surface area contributed by atoms with Gasteiger partial charge in [0.05, 0.1) is 5.39 Å². The molecule has 0 aliphatic heterocycles. The third kappa shape index (κ3) is 4.89. The van der Waals surface area contributed by atoms with Crippen molar-refractivity contribution >= 4 is 23.0 Å². The first kappa shape index (κ1) is 22.6. The minimum Gasteiger partial charge on any atom is -0.460 e. The van der Waals surface area contributed by atoms with Gasteiger partial charge in [-0.1, -0.05) is 62.4 Å². The molecule has 4 aromatic rings. The highest BCUT2D eigenvalue weighted by molar-refractivity contribution is 5.99. The number of carbonyl (C=O) groups excluding carboxylic acids is 1. The van der Waals surface area contributed by atoms with Gasteiger partial charge in [-0.15, -0.1) is 0 Å². The number of nitrogens with zero attached hydrogens (tertiary/aromatic N) is 1. The molecular weight excluding hydrogens is 430 g/mol. The van der Waals surface area contributed by atoms with E-state index < -0.39 is 5.97 Å². The van der Waals surface area contributed by atoms with E-state index in [4.69, 9.17) is 13.9 Å². The van der Waals surface area contributed by atoms with Crippen molar-refractivity contribution in [2.75, 3.05) is 0 Å². The zero-order valence-electron chi connectivity index (χ0n) is 18.6. The minimum atomic E-state index is -0.807. The highest BCUT2D eigenvalue weighted by Crippen LogP contribution is 2.30. The number of hydrogen-bond donors (Lipinski definition) is 0. The third-order valence-corrected chi connectivity index (χ3v) is 5.14. The van der Waals surface area contributed by atoms with Crippen molar-refractivity contribution in [3.63, 3.8) is 0 Å². The lowest BCUT2D eigenvalue weighted by Crippen LogP contribution is -2.10. The van der Waals surface area contributed by atoms with Crippen LogP contribution in [0.4, 0.5) is 0 Å². The van der Waals surface area contributed by atoms with Gasteiger partial charge in [-0.2, -0.15) is 5.26 Å². The first-order chi connectivity index (χ1) is 16.5. The SMILES string of the molecule is CC(C)c1ccccc1Oc1coc2cc(OC(=O)C(C#N)=Cc3ccccc3)ccc2c1=O. The van der Waals surface area contributed by atoms with Crippen LogP contribution in [0.5, 0.6) is 17.2 Å². The number of benzene rings is 3. The van der Waals surface area contributed by atoms with Crippen LogP contribution in [0.1, 0.15) is 30.9 Å². The minimum absolute atomic E-state index is 0.0582. The lowest BCUT2D eigenvalue weighted by molar-refractivity contribution is -0.129. The molecular formula is C28H21NO5. The van der Waals surface area contributed by atoms with Crippen molar-refractivity contribution in [3.8, 4) is 23.3 Å². The van der Waals surface area contributed by atoms with Gasteiger partial charge in [-0.3, -0.25) is 4.79 Å². The van der Waals surface area contributed by atoms with Gasteiger partial charge in [0.25, 0.3) is 0 Å². The molecule has 6 heteroatoms. The Morgan fingerprint density at radius 3 is 2.47 bits per heavy atom. The van der Waals surface area contributed by atoms with Gasteiger partial charge in [-0.25, -0.2) is 4.79 Å². The fourth-order valence-electron chi connectivity index (χ4n) is 3.41. The maximum Gasteiger partial charge on any atom is 0.354 e. The number of hydrogen-bond acceptors (Lipinski definition) is 6. The van der Waals surface area contributed by atoms with Gasteiger partial charge in [0.1, 0.15) is 35.0 Å². The average Bonchev–Trinajstić information content (AvgIpc) is 2.85. The van der Waals surface area contributed by atoms with Crippen molar-refractivity contribution in [1.82, 2.24) is 0 Å². The lowest BCUT2D eigenvalue weighted by atomic mass is 10.0. The van der Waals surface area contributed by atoms with Crippen LogP contribution in [0.15, 0.2) is 93.8 Å². The van der Waals surface area contributed by atoms with Crippen molar-refractivity contribution in [2.45, 2.75) is 19.8 Å². The van der Waals surface area contributed by atoms with Crippen LogP contribution in [0.2, 0.25) is 0 Å². The second kappa shape index (κ2) is 9.88. The Bertz CT molecular complexity index is 1480. The highest BCUT2D eigenvalue weighted by Gasteiger charge is 2.16. The number of esters is 1. The second-order valence-corrected chi connectivity index (χ2v) is 7.85. The highest BCUT2D eigenvalue weighted by atomic mass is 16.5. The summed E-state index contributed by atoms with van der Waals surface area (Å²) in [6.07, 6.45) is 2.69. The van der Waals surface area contributed by atoms with Crippen LogP contribution in [0.3, 0.4) is 0 Å². The summed E-state index contributed by atoms with van der Waals surface area (Å²) < 4.78 is 16.8. The smallest absolute Gasteiger partial charge is 0.354 e. The van der Waals surface area contributed by atoms with Gasteiger partial charge in [-0.05, 0) is 41.3 Å². The first-order valence-corrected chi connectivity index (χ1v) is 10.7. The average molecular weight is 451 g/mol. The standard InChI is InChI=1S/C28H21NO5/c1-18(2)22-10-6-7-11-24(22)34-26-17-32-25-15-21(12-13-23(25)27(26)30)33-28(31)20(16-29)14-19-8-4-3-5-9-19/h3-15,17-18H,1-2H3. The van der Waals surface area contributed by atoms with E-state index >= 15 is 0 Å². The molecule has 0 unspecified atom stereocenters. The van der Waals surface area contributed by atoms with E-state index in [1.807, 2.05) is 44.2 Å². The molecule has 0 aliphatic rings. The fourth-order valence-corrected chi connectivity index (χ4v) is 3.41. The van der Waals surface area contributed by atoms with Crippen molar-refractivity contribution < 1.29 is 18.7 Å². The van der Waals surface area contributed by atoms with Crippen LogP contribution >= 0.6 is 0 Å². The molecule has 1 aromatic heterocycles. The van der Waals surface area contributed by atoms with Gasteiger partial charge in [0, 0.05) is 6.07 Å². The van der Waals surface area contributed by atoms with E-state index in [0.717, 1.165) is 5.56 Å². The Labute approximate surface area is 196 Å². The van der Waals surface area contributed by atoms with Gasteiger partial charge < -0.3 is 13.9 Å². The molecule has 168 valence electrons. The summed E-state index contributed by atoms with van der Waals surface area (Å²) in [5.74, 6) is 0.203. The molecule has 4 rings (SSSR count). The molecule has 0 saturated heterocycles. The van der Waals surface area contributed by atoms with E-state index in [1.165, 1.54) is 30.5 Å². The molecule has 3 aromatic carbocycles. The number of para-hydroxylation sites is 1. The number of nitriles is 1. The summed E-state index contributed by atoms with van der Waals surface area (Å²) in [4.78, 5) is 25.4. The molecule has 0 fully saturated rings. The third-order valence-electron chi connectivity index (χ3n) is 5.14. The molecule has 0 N–H and O–H groups in total. The van der Waals surface area contributed by atoms with E-state index in [-0.39, 0.29) is 39.4 Å². The number of rotatable bonds is 6. The molecule has 0 atom stereocenters. The quantitative estimate of drug-likeness (QED) is 0.150. The molecule has 0 radical (unpaired) electrons. The van der Waals surface area contributed by atoms with E-state index in [2.05, 4.69) is 0 Å². The summed E-state index contributed by atoms with van der Waals surface area (Å²) in [5, 5.41) is 9.63. The Hall–Kier alpha value is -4.63. The van der Waals surface area contributed by atoms with E-state index in [0.29, 0.717) is 11.3 Å². The maximum atomic E-state index is 13.0. The lowest BCUT2D eigenvalue weighted by Gasteiger charge is -2.13. The first-order valence-electron chi connectivity index (χ1n) is 10.7. The molecule has 0 amide bonds. The Kier molecular flexibility index (Phi) is 6.56. The molecule has 0 bridgehead atoms. The zero-order valence-corrected chi connectivity index (χ0v) is 18.6. The van der Waals surface area contributed by atoms with Crippen molar-refractivity contribution in [3.05, 3.63) is 106 Å². The van der Waals surface area contributed by atoms with Crippen LogP contribution in [0.25, 0.3) is 17.0 Å². The van der Waals surface area contributed by atoms with Gasteiger partial charge >= 0.3 is 5.97 Å². The van der Waals surface area contributed by atoms with E-state index in [1.54, 1.807) is 30.3 Å². The maximum absolute atomic E-state index is 13.0. The summed E-state index contributed by atoms with van der Waals surface area (Å²) in [7, 11) is 0. The fraction of sp³-hybridized carbons (Fsp3) is 0.107. The Morgan fingerprint density at radius 2 is 1.74 bits per heavy atom. The summed E-state index contributed by atoms with van der Waals surface area (Å²) in [5.41, 5.74) is 1.40. The summed E-state index contributed by atoms with van der Waals surface area (Å²) in [6, 6.07) is 22.8. The zero-order chi connectivity index (χ0) is 24.1. The topological polar surface area (TPSA) is 89.5 Å². The normalized spacial score (nSPS) is 11.3. The monoisotopic (exact) mass is 451 g/mol. The molecule has 6 nitrogen and oxygen atoms in total. The van der Waals surface area contributed by atoms with Crippen LogP contribution in [0, 0.1) is 11.3 Å². The van der Waals surface area contributed by atoms with Crippen molar-refractivity contribution in [1.29, 1.82) is 5.26 Å². The molecule has 0 aliphatic carbocycles. The number of fused-ring (bicyclic) bond motifs is 1. The van der Waals surface area contributed by atoms with Gasteiger partial charge in [0.2, 0.25) is 11.2 Å². The summed E-state index contributed by atoms with van der Waals surface area (Å²) >= 11 is 0. The van der Waals surface area contributed by atoms with Crippen molar-refractivity contribution in [2.24, 2.45) is 0 Å². The van der Waals surface area contributed by atoms with Gasteiger partial charge in [0.15, 0.2) is 0 Å². The molecule has 34 heavy (non-hydrogen) atoms. The molecule has 0 spiro atoms.